The highest BCUT2D eigenvalue weighted by molar-refractivity contribution is 7.92. The van der Waals surface area contributed by atoms with E-state index in [2.05, 4.69) is 36.0 Å². The van der Waals surface area contributed by atoms with Gasteiger partial charge in [-0.25, -0.2) is 8.42 Å². The lowest BCUT2D eigenvalue weighted by molar-refractivity contribution is -0.384. The van der Waals surface area contributed by atoms with Crippen LogP contribution in [-0.4, -0.2) is 26.7 Å². The van der Waals surface area contributed by atoms with Gasteiger partial charge in [-0.05, 0) is 52.9 Å². The molecule has 3 rings (SSSR count). The van der Waals surface area contributed by atoms with Gasteiger partial charge in [0.1, 0.15) is 11.4 Å². The van der Waals surface area contributed by atoms with E-state index in [0.717, 1.165) is 11.6 Å². The lowest BCUT2D eigenvalue weighted by Crippen LogP contribution is -2.13. The van der Waals surface area contributed by atoms with Gasteiger partial charge in [-0.1, -0.05) is 45.0 Å². The number of nitrogens with zero attached hydrogens (tertiary/aromatic N) is 2. The first-order valence-electron chi connectivity index (χ1n) is 10.3. The summed E-state index contributed by atoms with van der Waals surface area (Å²) in [7, 11) is -2.55. The fraction of sp³-hybridized carbons (Fsp3) is 0.208. The number of hydrazone groups is 1. The van der Waals surface area contributed by atoms with Crippen molar-refractivity contribution in [3.63, 3.8) is 0 Å². The van der Waals surface area contributed by atoms with Crippen LogP contribution < -0.4 is 14.9 Å². The maximum atomic E-state index is 12.7. The summed E-state index contributed by atoms with van der Waals surface area (Å²) in [6.07, 6.45) is 1.53. The number of methoxy groups -OCH3 is 1. The van der Waals surface area contributed by atoms with Crippen molar-refractivity contribution in [2.24, 2.45) is 5.10 Å². The second-order valence-electron chi connectivity index (χ2n) is 8.51. The molecule has 178 valence electrons. The van der Waals surface area contributed by atoms with Gasteiger partial charge in [0.25, 0.3) is 15.7 Å². The normalized spacial score (nSPS) is 11.9. The summed E-state index contributed by atoms with van der Waals surface area (Å²) in [4.78, 5) is 10.7. The van der Waals surface area contributed by atoms with Crippen LogP contribution in [0.3, 0.4) is 0 Å². The topological polar surface area (TPSA) is 123 Å². The van der Waals surface area contributed by atoms with E-state index in [4.69, 9.17) is 4.74 Å². The molecule has 10 heteroatoms. The lowest BCUT2D eigenvalue weighted by Gasteiger charge is -2.18. The predicted octanol–water partition coefficient (Wildman–Crippen LogP) is 5.15. The number of nitro benzene ring substituents is 1. The minimum atomic E-state index is -4.05. The molecule has 0 bridgehead atoms. The summed E-state index contributed by atoms with van der Waals surface area (Å²) in [5, 5.41) is 15.6. The molecule has 0 atom stereocenters. The fourth-order valence-corrected chi connectivity index (χ4v) is 4.12. The zero-order valence-corrected chi connectivity index (χ0v) is 20.1. The van der Waals surface area contributed by atoms with Crippen molar-refractivity contribution in [2.75, 3.05) is 17.3 Å². The van der Waals surface area contributed by atoms with Crippen LogP contribution in [0.2, 0.25) is 0 Å². The van der Waals surface area contributed by atoms with Crippen molar-refractivity contribution >= 4 is 33.3 Å². The van der Waals surface area contributed by atoms with Crippen molar-refractivity contribution in [3.8, 4) is 5.75 Å². The Morgan fingerprint density at radius 3 is 2.21 bits per heavy atom. The third-order valence-electron chi connectivity index (χ3n) is 4.99. The van der Waals surface area contributed by atoms with Crippen LogP contribution in [0.25, 0.3) is 0 Å². The molecule has 0 saturated heterocycles. The molecule has 3 aromatic carbocycles. The Hall–Kier alpha value is -3.92. The van der Waals surface area contributed by atoms with Crippen LogP contribution in [0.4, 0.5) is 17.1 Å². The van der Waals surface area contributed by atoms with Gasteiger partial charge < -0.3 is 4.74 Å². The SMILES string of the molecule is COc1ccc(NS(=O)(=O)c2ccc(NN=Cc3ccc(C(C)(C)C)cc3)c([N+](=O)[O-])c2)cc1. The first-order chi connectivity index (χ1) is 16.0. The van der Waals surface area contributed by atoms with Gasteiger partial charge in [0, 0.05) is 11.8 Å². The molecule has 0 aliphatic heterocycles. The molecule has 0 fully saturated rings. The average molecular weight is 483 g/mol. The van der Waals surface area contributed by atoms with Crippen molar-refractivity contribution in [1.82, 2.24) is 0 Å². The maximum Gasteiger partial charge on any atom is 0.295 e. The van der Waals surface area contributed by atoms with E-state index in [0.29, 0.717) is 11.4 Å². The highest BCUT2D eigenvalue weighted by Crippen LogP contribution is 2.29. The van der Waals surface area contributed by atoms with Gasteiger partial charge in [0.2, 0.25) is 0 Å². The van der Waals surface area contributed by atoms with E-state index < -0.39 is 20.6 Å². The van der Waals surface area contributed by atoms with E-state index in [1.54, 1.807) is 12.1 Å². The van der Waals surface area contributed by atoms with E-state index in [9.17, 15) is 18.5 Å². The van der Waals surface area contributed by atoms with Gasteiger partial charge in [0.15, 0.2) is 0 Å². The second kappa shape index (κ2) is 9.92. The maximum absolute atomic E-state index is 12.7. The minimum Gasteiger partial charge on any atom is -0.497 e. The average Bonchev–Trinajstić information content (AvgIpc) is 2.79. The number of ether oxygens (including phenoxy) is 1. The first-order valence-corrected chi connectivity index (χ1v) is 11.8. The Balaban J connectivity index is 1.78. The number of anilines is 2. The molecular formula is C24H26N4O5S. The van der Waals surface area contributed by atoms with Gasteiger partial charge in [-0.2, -0.15) is 5.10 Å². The Bertz CT molecular complexity index is 1300. The zero-order valence-electron chi connectivity index (χ0n) is 19.3. The highest BCUT2D eigenvalue weighted by Gasteiger charge is 2.21. The lowest BCUT2D eigenvalue weighted by atomic mass is 9.87. The van der Waals surface area contributed by atoms with E-state index in [1.165, 1.54) is 43.2 Å². The number of nitro groups is 1. The fourth-order valence-electron chi connectivity index (χ4n) is 3.04. The summed E-state index contributed by atoms with van der Waals surface area (Å²) in [5.74, 6) is 0.569. The van der Waals surface area contributed by atoms with Gasteiger partial charge in [0.05, 0.1) is 23.1 Å². The molecule has 0 spiro atoms. The van der Waals surface area contributed by atoms with Crippen LogP contribution in [0.15, 0.2) is 76.7 Å². The molecule has 34 heavy (non-hydrogen) atoms. The molecule has 0 aliphatic carbocycles. The molecule has 9 nitrogen and oxygen atoms in total. The zero-order chi connectivity index (χ0) is 24.9. The van der Waals surface area contributed by atoms with Crippen LogP contribution in [-0.2, 0) is 15.4 Å². The van der Waals surface area contributed by atoms with Crippen LogP contribution >= 0.6 is 0 Å². The second-order valence-corrected chi connectivity index (χ2v) is 10.2. The number of hydrogen-bond acceptors (Lipinski definition) is 7. The summed E-state index contributed by atoms with van der Waals surface area (Å²) >= 11 is 0. The number of hydrogen-bond donors (Lipinski definition) is 2. The van der Waals surface area contributed by atoms with E-state index >= 15 is 0 Å². The highest BCUT2D eigenvalue weighted by atomic mass is 32.2. The van der Waals surface area contributed by atoms with E-state index in [-0.39, 0.29) is 16.0 Å². The largest absolute Gasteiger partial charge is 0.497 e. The van der Waals surface area contributed by atoms with Crippen LogP contribution in [0.5, 0.6) is 5.75 Å². The van der Waals surface area contributed by atoms with Crippen molar-refractivity contribution < 1.29 is 18.1 Å². The Morgan fingerprint density at radius 2 is 1.65 bits per heavy atom. The van der Waals surface area contributed by atoms with Gasteiger partial charge in [-0.15, -0.1) is 0 Å². The van der Waals surface area contributed by atoms with Crippen LogP contribution in [0, 0.1) is 10.1 Å². The van der Waals surface area contributed by atoms with Crippen LogP contribution in [0.1, 0.15) is 31.9 Å². The van der Waals surface area contributed by atoms with Gasteiger partial charge in [-0.3, -0.25) is 20.3 Å². The number of nitrogens with one attached hydrogen (secondary N) is 2. The standard InChI is InChI=1S/C24H26N4O5S/c1-24(2,3)18-7-5-17(6-8-18)16-25-26-22-14-13-21(15-23(22)28(29)30)34(31,32)27-19-9-11-20(33-4)12-10-19/h5-16,26-27H,1-4H3. The molecule has 0 heterocycles. The third kappa shape index (κ3) is 6.10. The summed E-state index contributed by atoms with van der Waals surface area (Å²) in [6.45, 7) is 6.35. The van der Waals surface area contributed by atoms with E-state index in [1.807, 2.05) is 24.3 Å². The minimum absolute atomic E-state index is 0.0266. The van der Waals surface area contributed by atoms with Crippen molar-refractivity contribution in [2.45, 2.75) is 31.1 Å². The number of sulfonamides is 1. The quantitative estimate of drug-likeness (QED) is 0.260. The van der Waals surface area contributed by atoms with Crippen molar-refractivity contribution in [3.05, 3.63) is 88.0 Å². The van der Waals surface area contributed by atoms with Gasteiger partial charge >= 0.3 is 0 Å². The molecular weight excluding hydrogens is 456 g/mol. The molecule has 0 radical (unpaired) electrons. The first kappa shape index (κ1) is 24.7. The Kier molecular flexibility index (Phi) is 7.21. The monoisotopic (exact) mass is 482 g/mol. The Morgan fingerprint density at radius 1 is 1.00 bits per heavy atom. The molecule has 0 unspecified atom stereocenters. The molecule has 0 saturated carbocycles. The molecule has 0 aliphatic rings. The van der Waals surface area contributed by atoms with Crippen molar-refractivity contribution in [1.29, 1.82) is 0 Å². The number of benzene rings is 3. The number of rotatable bonds is 8. The molecule has 3 aromatic rings. The summed E-state index contributed by atoms with van der Waals surface area (Å²) < 4.78 is 32.9. The molecule has 0 aromatic heterocycles. The summed E-state index contributed by atoms with van der Waals surface area (Å²) in [5.41, 5.74) is 4.59. The third-order valence-corrected chi connectivity index (χ3v) is 6.37. The molecule has 0 amide bonds. The molecule has 2 N–H and O–H groups in total. The smallest absolute Gasteiger partial charge is 0.295 e. The Labute approximate surface area is 198 Å². The summed E-state index contributed by atoms with van der Waals surface area (Å²) in [6, 6.07) is 17.6. The predicted molar refractivity (Wildman–Crippen MR) is 133 cm³/mol.